The fourth-order valence-electron chi connectivity index (χ4n) is 3.61. The molecular weight excluding hydrogens is 398 g/mol. The van der Waals surface area contributed by atoms with Gasteiger partial charge in [0.25, 0.3) is 17.4 Å². The number of nitrogens with one attached hydrogen (secondary N) is 3. The topological polar surface area (TPSA) is 126 Å². The van der Waals surface area contributed by atoms with Crippen molar-refractivity contribution in [3.05, 3.63) is 68.0 Å². The van der Waals surface area contributed by atoms with Crippen LogP contribution in [0.25, 0.3) is 11.0 Å². The number of hydrogen-bond donors (Lipinski definition) is 3. The van der Waals surface area contributed by atoms with Gasteiger partial charge in [0.05, 0.1) is 22.2 Å². The molecule has 2 heterocycles. The molecule has 0 unspecified atom stereocenters. The SMILES string of the molecule is CCCn1c(=O)[nH]c(=O)c2c(C(=O)Nc3ccccc3C(=O)NC)cc(C3CC3)nc21. The first-order valence-corrected chi connectivity index (χ1v) is 10.2. The fraction of sp³-hybridized carbons (Fsp3) is 0.318. The van der Waals surface area contributed by atoms with E-state index in [0.717, 1.165) is 12.8 Å². The van der Waals surface area contributed by atoms with E-state index in [1.165, 1.54) is 11.6 Å². The summed E-state index contributed by atoms with van der Waals surface area (Å²) in [4.78, 5) is 57.4. The third-order valence-electron chi connectivity index (χ3n) is 5.30. The maximum absolute atomic E-state index is 13.3. The van der Waals surface area contributed by atoms with Crippen LogP contribution in [-0.2, 0) is 6.54 Å². The molecule has 2 aromatic heterocycles. The Balaban J connectivity index is 1.88. The molecule has 160 valence electrons. The number of nitrogens with zero attached hydrogens (tertiary/aromatic N) is 2. The van der Waals surface area contributed by atoms with Gasteiger partial charge in [0.15, 0.2) is 5.65 Å². The Morgan fingerprint density at radius 2 is 1.90 bits per heavy atom. The number of anilines is 1. The van der Waals surface area contributed by atoms with E-state index in [0.29, 0.717) is 29.9 Å². The first-order valence-electron chi connectivity index (χ1n) is 10.2. The summed E-state index contributed by atoms with van der Waals surface area (Å²) >= 11 is 0. The van der Waals surface area contributed by atoms with Crippen molar-refractivity contribution in [3.8, 4) is 0 Å². The minimum atomic E-state index is -0.660. The number of aryl methyl sites for hydroxylation is 1. The van der Waals surface area contributed by atoms with Gasteiger partial charge in [-0.2, -0.15) is 0 Å². The third kappa shape index (κ3) is 3.86. The molecule has 0 saturated heterocycles. The second kappa shape index (κ2) is 8.17. The van der Waals surface area contributed by atoms with E-state index in [4.69, 9.17) is 0 Å². The van der Waals surface area contributed by atoms with Gasteiger partial charge in [-0.1, -0.05) is 19.1 Å². The number of carbonyl (C=O) groups is 2. The number of amides is 2. The largest absolute Gasteiger partial charge is 0.355 e. The van der Waals surface area contributed by atoms with E-state index >= 15 is 0 Å². The molecule has 0 atom stereocenters. The van der Waals surface area contributed by atoms with Gasteiger partial charge >= 0.3 is 5.69 Å². The van der Waals surface area contributed by atoms with Gasteiger partial charge in [0.2, 0.25) is 0 Å². The van der Waals surface area contributed by atoms with Crippen molar-refractivity contribution in [1.82, 2.24) is 19.9 Å². The summed E-state index contributed by atoms with van der Waals surface area (Å²) in [6.07, 6.45) is 2.55. The molecule has 31 heavy (non-hydrogen) atoms. The van der Waals surface area contributed by atoms with E-state index in [-0.39, 0.29) is 28.4 Å². The Morgan fingerprint density at radius 1 is 1.16 bits per heavy atom. The molecule has 1 aromatic carbocycles. The van der Waals surface area contributed by atoms with Crippen LogP contribution in [-0.4, -0.2) is 33.4 Å². The van der Waals surface area contributed by atoms with E-state index < -0.39 is 17.2 Å². The number of aromatic nitrogens is 3. The van der Waals surface area contributed by atoms with Crippen molar-refractivity contribution in [2.24, 2.45) is 0 Å². The lowest BCUT2D eigenvalue weighted by atomic mass is 10.1. The first-order chi connectivity index (χ1) is 14.9. The Labute approximate surface area is 177 Å². The van der Waals surface area contributed by atoms with Gasteiger partial charge in [0, 0.05) is 25.2 Å². The molecule has 1 aliphatic carbocycles. The zero-order valence-electron chi connectivity index (χ0n) is 17.3. The van der Waals surface area contributed by atoms with Crippen molar-refractivity contribution in [3.63, 3.8) is 0 Å². The molecule has 9 nitrogen and oxygen atoms in total. The molecule has 0 aliphatic heterocycles. The second-order valence-electron chi connectivity index (χ2n) is 7.56. The van der Waals surface area contributed by atoms with Gasteiger partial charge < -0.3 is 10.6 Å². The van der Waals surface area contributed by atoms with Crippen LogP contribution in [0.4, 0.5) is 5.69 Å². The highest BCUT2D eigenvalue weighted by atomic mass is 16.2. The number of hydrogen-bond acceptors (Lipinski definition) is 5. The van der Waals surface area contributed by atoms with E-state index in [2.05, 4.69) is 20.6 Å². The van der Waals surface area contributed by atoms with Gasteiger partial charge in [-0.25, -0.2) is 9.78 Å². The fourth-order valence-corrected chi connectivity index (χ4v) is 3.61. The number of carbonyl (C=O) groups excluding carboxylic acids is 2. The minimum absolute atomic E-state index is 0.0624. The van der Waals surface area contributed by atoms with Crippen molar-refractivity contribution in [2.75, 3.05) is 12.4 Å². The first kappa shape index (κ1) is 20.5. The van der Waals surface area contributed by atoms with Crippen LogP contribution < -0.4 is 21.9 Å². The summed E-state index contributed by atoms with van der Waals surface area (Å²) in [5, 5.41) is 5.35. The molecule has 0 spiro atoms. The predicted octanol–water partition coefficient (Wildman–Crippen LogP) is 1.98. The number of H-pyrrole nitrogens is 1. The molecule has 0 radical (unpaired) electrons. The Bertz CT molecular complexity index is 1300. The van der Waals surface area contributed by atoms with E-state index in [1.54, 1.807) is 30.3 Å². The second-order valence-corrected chi connectivity index (χ2v) is 7.56. The lowest BCUT2D eigenvalue weighted by molar-refractivity contribution is 0.0964. The zero-order chi connectivity index (χ0) is 22.1. The molecule has 3 N–H and O–H groups in total. The van der Waals surface area contributed by atoms with Crippen molar-refractivity contribution in [2.45, 2.75) is 38.6 Å². The Morgan fingerprint density at radius 3 is 2.58 bits per heavy atom. The number of pyridine rings is 1. The third-order valence-corrected chi connectivity index (χ3v) is 5.30. The van der Waals surface area contributed by atoms with Crippen molar-refractivity contribution >= 4 is 28.5 Å². The van der Waals surface area contributed by atoms with Gasteiger partial charge in [-0.3, -0.25) is 23.9 Å². The van der Waals surface area contributed by atoms with Crippen LogP contribution in [0.15, 0.2) is 39.9 Å². The lowest BCUT2D eigenvalue weighted by Crippen LogP contribution is -2.32. The maximum Gasteiger partial charge on any atom is 0.329 e. The van der Waals surface area contributed by atoms with Crippen LogP contribution in [0.3, 0.4) is 0 Å². The number of fused-ring (bicyclic) bond motifs is 1. The van der Waals surface area contributed by atoms with Gasteiger partial charge in [0.1, 0.15) is 0 Å². The Hall–Kier alpha value is -3.75. The highest BCUT2D eigenvalue weighted by molar-refractivity contribution is 6.14. The standard InChI is InChI=1S/C22H23N5O4/c1-3-10-27-18-17(21(30)26-22(27)31)14(11-16(24-18)12-8-9-12)20(29)25-15-7-5-4-6-13(15)19(28)23-2/h4-7,11-12H,3,8-10H2,1-2H3,(H,23,28)(H,25,29)(H,26,30,31). The smallest absolute Gasteiger partial charge is 0.329 e. The molecule has 1 fully saturated rings. The zero-order valence-corrected chi connectivity index (χ0v) is 17.3. The molecule has 3 aromatic rings. The normalized spacial score (nSPS) is 13.2. The minimum Gasteiger partial charge on any atom is -0.355 e. The summed E-state index contributed by atoms with van der Waals surface area (Å²) in [6.45, 7) is 2.28. The molecule has 4 rings (SSSR count). The summed E-state index contributed by atoms with van der Waals surface area (Å²) in [5.74, 6) is -0.680. The quantitative estimate of drug-likeness (QED) is 0.561. The number of rotatable bonds is 6. The highest BCUT2D eigenvalue weighted by Gasteiger charge is 2.29. The summed E-state index contributed by atoms with van der Waals surface area (Å²) in [6, 6.07) is 8.23. The molecule has 9 heteroatoms. The van der Waals surface area contributed by atoms with Crippen LogP contribution >= 0.6 is 0 Å². The van der Waals surface area contributed by atoms with Gasteiger partial charge in [-0.15, -0.1) is 0 Å². The lowest BCUT2D eigenvalue weighted by Gasteiger charge is -2.14. The molecule has 1 aliphatic rings. The summed E-state index contributed by atoms with van der Waals surface area (Å²) in [7, 11) is 1.51. The van der Waals surface area contributed by atoms with Gasteiger partial charge in [-0.05, 0) is 37.5 Å². The highest BCUT2D eigenvalue weighted by Crippen LogP contribution is 2.40. The van der Waals surface area contributed by atoms with Crippen LogP contribution in [0.5, 0.6) is 0 Å². The van der Waals surface area contributed by atoms with Crippen molar-refractivity contribution < 1.29 is 9.59 Å². The summed E-state index contributed by atoms with van der Waals surface area (Å²) < 4.78 is 1.40. The molecule has 0 bridgehead atoms. The summed E-state index contributed by atoms with van der Waals surface area (Å²) in [5.41, 5.74) is 0.448. The molecule has 2 amide bonds. The molecule has 1 saturated carbocycles. The maximum atomic E-state index is 13.3. The van der Waals surface area contributed by atoms with Crippen LogP contribution in [0.2, 0.25) is 0 Å². The van der Waals surface area contributed by atoms with Crippen LogP contribution in [0, 0.1) is 0 Å². The van der Waals surface area contributed by atoms with E-state index in [9.17, 15) is 19.2 Å². The number of para-hydroxylation sites is 1. The van der Waals surface area contributed by atoms with Crippen molar-refractivity contribution in [1.29, 1.82) is 0 Å². The Kier molecular flexibility index (Phi) is 5.41. The number of aromatic amines is 1. The average molecular weight is 421 g/mol. The molecular formula is C22H23N5O4. The average Bonchev–Trinajstić information content (AvgIpc) is 3.61. The van der Waals surface area contributed by atoms with E-state index in [1.807, 2.05) is 6.92 Å². The number of benzene rings is 1. The monoisotopic (exact) mass is 421 g/mol. The van der Waals surface area contributed by atoms with Crippen LogP contribution in [0.1, 0.15) is 58.5 Å². The predicted molar refractivity (Wildman–Crippen MR) is 117 cm³/mol.